The van der Waals surface area contributed by atoms with Crippen molar-refractivity contribution in [2.24, 2.45) is 0 Å². The molecule has 1 saturated heterocycles. The lowest BCUT2D eigenvalue weighted by Gasteiger charge is -2.13. The van der Waals surface area contributed by atoms with Gasteiger partial charge in [0.05, 0.1) is 24.5 Å². The number of thioether (sulfide) groups is 1. The minimum Gasteiger partial charge on any atom is -0.493 e. The number of hydrogen-bond acceptors (Lipinski definition) is 6. The highest BCUT2D eigenvalue weighted by Gasteiger charge is 2.32. The van der Waals surface area contributed by atoms with Gasteiger partial charge in [0.15, 0.2) is 0 Å². The van der Waals surface area contributed by atoms with Gasteiger partial charge in [-0.05, 0) is 38.1 Å². The highest BCUT2D eigenvalue weighted by molar-refractivity contribution is 9.10. The van der Waals surface area contributed by atoms with Gasteiger partial charge in [0.1, 0.15) is 10.1 Å². The SMILES string of the molecule is CCOC(=O)CCN1C(=O)/C(=C/c2cc(Br)ccc2OCC)SC1=S. The van der Waals surface area contributed by atoms with Gasteiger partial charge in [-0.1, -0.05) is 39.9 Å². The van der Waals surface area contributed by atoms with E-state index in [0.717, 1.165) is 10.0 Å². The number of thiocarbonyl (C=S) groups is 1. The smallest absolute Gasteiger partial charge is 0.307 e. The first kappa shape index (κ1) is 19.9. The molecule has 2 rings (SSSR count). The van der Waals surface area contributed by atoms with E-state index in [0.29, 0.717) is 28.2 Å². The molecule has 0 unspecified atom stereocenters. The molecule has 1 aromatic rings. The van der Waals surface area contributed by atoms with Crippen LogP contribution in [0.15, 0.2) is 27.6 Å². The molecule has 0 spiro atoms. The number of esters is 1. The maximum atomic E-state index is 12.6. The topological polar surface area (TPSA) is 55.8 Å². The van der Waals surface area contributed by atoms with E-state index in [2.05, 4.69) is 15.9 Å². The maximum Gasteiger partial charge on any atom is 0.307 e. The number of rotatable bonds is 7. The highest BCUT2D eigenvalue weighted by Crippen LogP contribution is 2.35. The van der Waals surface area contributed by atoms with Gasteiger partial charge in [0, 0.05) is 16.6 Å². The summed E-state index contributed by atoms with van der Waals surface area (Å²) in [7, 11) is 0. The second kappa shape index (κ2) is 9.35. The van der Waals surface area contributed by atoms with E-state index in [1.54, 1.807) is 13.0 Å². The van der Waals surface area contributed by atoms with E-state index in [9.17, 15) is 9.59 Å². The number of carbonyl (C=O) groups excluding carboxylic acids is 2. The predicted octanol–water partition coefficient (Wildman–Crippen LogP) is 4.00. The molecule has 0 saturated carbocycles. The summed E-state index contributed by atoms with van der Waals surface area (Å²) >= 11 is 9.92. The minimum atomic E-state index is -0.342. The fourth-order valence-electron chi connectivity index (χ4n) is 2.19. The lowest BCUT2D eigenvalue weighted by Crippen LogP contribution is -2.30. The Morgan fingerprint density at radius 2 is 2.12 bits per heavy atom. The summed E-state index contributed by atoms with van der Waals surface area (Å²) < 4.78 is 11.8. The summed E-state index contributed by atoms with van der Waals surface area (Å²) in [5.41, 5.74) is 0.794. The van der Waals surface area contributed by atoms with Crippen LogP contribution in [0.25, 0.3) is 6.08 Å². The molecule has 0 bridgehead atoms. The number of hydrogen-bond donors (Lipinski definition) is 0. The summed E-state index contributed by atoms with van der Waals surface area (Å²) in [5.74, 6) is 0.148. The van der Waals surface area contributed by atoms with E-state index >= 15 is 0 Å². The van der Waals surface area contributed by atoms with Gasteiger partial charge in [0.2, 0.25) is 0 Å². The van der Waals surface area contributed by atoms with E-state index in [-0.39, 0.29) is 24.8 Å². The highest BCUT2D eigenvalue weighted by atomic mass is 79.9. The van der Waals surface area contributed by atoms with Crippen LogP contribution >= 0.6 is 39.9 Å². The average Bonchev–Trinajstić information content (AvgIpc) is 2.82. The van der Waals surface area contributed by atoms with Crippen LogP contribution in [-0.4, -0.2) is 40.9 Å². The van der Waals surface area contributed by atoms with Crippen LogP contribution in [0.5, 0.6) is 5.75 Å². The molecule has 5 nitrogen and oxygen atoms in total. The Balaban J connectivity index is 2.17. The maximum absolute atomic E-state index is 12.6. The van der Waals surface area contributed by atoms with Crippen LogP contribution in [0, 0.1) is 0 Å². The Bertz CT molecular complexity index is 721. The number of amides is 1. The minimum absolute atomic E-state index is 0.120. The Labute approximate surface area is 164 Å². The third-order valence-electron chi connectivity index (χ3n) is 3.28. The van der Waals surface area contributed by atoms with Gasteiger partial charge in [-0.15, -0.1) is 0 Å². The summed E-state index contributed by atoms with van der Waals surface area (Å²) in [4.78, 5) is 26.0. The molecule has 0 radical (unpaired) electrons. The molecule has 0 aromatic heterocycles. The van der Waals surface area contributed by atoms with Crippen LogP contribution < -0.4 is 4.74 Å². The van der Waals surface area contributed by atoms with Crippen molar-refractivity contribution in [1.82, 2.24) is 4.90 Å². The molecule has 1 amide bonds. The Kier molecular flexibility index (Phi) is 7.46. The van der Waals surface area contributed by atoms with Crippen molar-refractivity contribution in [2.45, 2.75) is 20.3 Å². The molecule has 1 heterocycles. The summed E-state index contributed by atoms with van der Waals surface area (Å²) in [5, 5.41) is 0. The first-order valence-electron chi connectivity index (χ1n) is 7.79. The molecule has 1 fully saturated rings. The standard InChI is InChI=1S/C17H18BrNO4S2/c1-3-22-13-6-5-12(18)9-11(13)10-14-16(21)19(17(24)25-14)8-7-15(20)23-4-2/h5-6,9-10H,3-4,7-8H2,1-2H3/b14-10-. The molecule has 0 atom stereocenters. The van der Waals surface area contributed by atoms with Crippen LogP contribution in [0.2, 0.25) is 0 Å². The predicted molar refractivity (Wildman–Crippen MR) is 106 cm³/mol. The van der Waals surface area contributed by atoms with Crippen molar-refractivity contribution < 1.29 is 19.1 Å². The first-order chi connectivity index (χ1) is 12.0. The number of carbonyl (C=O) groups is 2. The Hall–Kier alpha value is -1.38. The Morgan fingerprint density at radius 3 is 2.80 bits per heavy atom. The fraction of sp³-hybridized carbons (Fsp3) is 0.353. The van der Waals surface area contributed by atoms with Crippen LogP contribution in [0.1, 0.15) is 25.8 Å². The second-order valence-corrected chi connectivity index (χ2v) is 7.59. The lowest BCUT2D eigenvalue weighted by molar-refractivity contribution is -0.143. The van der Waals surface area contributed by atoms with Gasteiger partial charge in [-0.25, -0.2) is 0 Å². The van der Waals surface area contributed by atoms with Crippen molar-refractivity contribution in [1.29, 1.82) is 0 Å². The molecule has 134 valence electrons. The van der Waals surface area contributed by atoms with Crippen molar-refractivity contribution in [2.75, 3.05) is 19.8 Å². The van der Waals surface area contributed by atoms with Crippen LogP contribution in [-0.2, 0) is 14.3 Å². The third-order valence-corrected chi connectivity index (χ3v) is 5.15. The quantitative estimate of drug-likeness (QED) is 0.360. The summed E-state index contributed by atoms with van der Waals surface area (Å²) in [6.07, 6.45) is 1.88. The fourth-order valence-corrected chi connectivity index (χ4v) is 3.87. The van der Waals surface area contributed by atoms with Crippen LogP contribution in [0.3, 0.4) is 0 Å². The van der Waals surface area contributed by atoms with Crippen molar-refractivity contribution in [3.05, 3.63) is 33.1 Å². The van der Waals surface area contributed by atoms with E-state index in [4.69, 9.17) is 21.7 Å². The molecular weight excluding hydrogens is 426 g/mol. The van der Waals surface area contributed by atoms with E-state index < -0.39 is 0 Å². The number of nitrogens with zero attached hydrogens (tertiary/aromatic N) is 1. The molecule has 1 aliphatic rings. The number of ether oxygens (including phenoxy) is 2. The molecule has 25 heavy (non-hydrogen) atoms. The summed E-state index contributed by atoms with van der Waals surface area (Å²) in [6, 6.07) is 5.62. The van der Waals surface area contributed by atoms with Crippen molar-refractivity contribution in [3.8, 4) is 5.75 Å². The molecular formula is C17H18BrNO4S2. The largest absolute Gasteiger partial charge is 0.493 e. The molecule has 8 heteroatoms. The third kappa shape index (κ3) is 5.29. The van der Waals surface area contributed by atoms with Gasteiger partial charge in [-0.2, -0.15) is 0 Å². The molecule has 0 N–H and O–H groups in total. The first-order valence-corrected chi connectivity index (χ1v) is 9.81. The van der Waals surface area contributed by atoms with Gasteiger partial charge in [0.25, 0.3) is 5.91 Å². The van der Waals surface area contributed by atoms with Crippen LogP contribution in [0.4, 0.5) is 0 Å². The number of benzene rings is 1. The van der Waals surface area contributed by atoms with Gasteiger partial charge in [-0.3, -0.25) is 14.5 Å². The van der Waals surface area contributed by atoms with Crippen molar-refractivity contribution in [3.63, 3.8) is 0 Å². The zero-order chi connectivity index (χ0) is 18.4. The monoisotopic (exact) mass is 443 g/mol. The van der Waals surface area contributed by atoms with E-state index in [1.165, 1.54) is 16.7 Å². The second-order valence-electron chi connectivity index (χ2n) is 5.00. The zero-order valence-electron chi connectivity index (χ0n) is 13.9. The molecule has 0 aliphatic carbocycles. The van der Waals surface area contributed by atoms with Crippen molar-refractivity contribution >= 4 is 62.2 Å². The van der Waals surface area contributed by atoms with Gasteiger partial charge < -0.3 is 9.47 Å². The summed E-state index contributed by atoms with van der Waals surface area (Å²) in [6.45, 7) is 4.72. The lowest BCUT2D eigenvalue weighted by atomic mass is 10.2. The molecule has 1 aliphatic heterocycles. The van der Waals surface area contributed by atoms with E-state index in [1.807, 2.05) is 25.1 Å². The average molecular weight is 444 g/mol. The zero-order valence-corrected chi connectivity index (χ0v) is 17.1. The molecule has 1 aromatic carbocycles. The normalized spacial score (nSPS) is 15.8. The van der Waals surface area contributed by atoms with Gasteiger partial charge >= 0.3 is 5.97 Å². The Morgan fingerprint density at radius 1 is 1.36 bits per heavy atom. The number of halogens is 1.